The first kappa shape index (κ1) is 12.4. The largest absolute Gasteiger partial charge is 0.504 e. The van der Waals surface area contributed by atoms with Crippen LogP contribution in [-0.2, 0) is 0 Å². The fourth-order valence-electron chi connectivity index (χ4n) is 1.95. The maximum Gasteiger partial charge on any atom is 0.137 e. The lowest BCUT2D eigenvalue weighted by atomic mass is 9.85. The predicted octanol–water partition coefficient (Wildman–Crippen LogP) is 3.18. The van der Waals surface area contributed by atoms with E-state index in [0.29, 0.717) is 5.92 Å². The van der Waals surface area contributed by atoms with Gasteiger partial charge in [-0.05, 0) is 24.8 Å². The van der Waals surface area contributed by atoms with Crippen molar-refractivity contribution >= 4 is 0 Å². The van der Waals surface area contributed by atoms with E-state index in [-0.39, 0.29) is 11.7 Å². The second kappa shape index (κ2) is 5.99. The van der Waals surface area contributed by atoms with E-state index < -0.39 is 6.10 Å². The fraction of sp³-hybridized carbons (Fsp3) is 0.769. The highest BCUT2D eigenvalue weighted by molar-refractivity contribution is 4.99. The van der Waals surface area contributed by atoms with Crippen LogP contribution in [0.5, 0.6) is 0 Å². The molecule has 86 valence electrons. The van der Waals surface area contributed by atoms with Crippen molar-refractivity contribution in [3.8, 4) is 0 Å². The molecule has 0 aromatic heterocycles. The maximum atomic E-state index is 9.86. The van der Waals surface area contributed by atoms with Crippen LogP contribution < -0.4 is 0 Å². The summed E-state index contributed by atoms with van der Waals surface area (Å²) < 4.78 is 0. The van der Waals surface area contributed by atoms with Gasteiger partial charge in [0, 0.05) is 5.92 Å². The van der Waals surface area contributed by atoms with Crippen molar-refractivity contribution in [3.05, 3.63) is 17.6 Å². The lowest BCUT2D eigenvalue weighted by molar-refractivity contribution is 0.125. The summed E-state index contributed by atoms with van der Waals surface area (Å²) in [6, 6.07) is 0. The molecule has 1 aliphatic carbocycles. The van der Waals surface area contributed by atoms with Crippen molar-refractivity contribution in [1.29, 1.82) is 0 Å². The molecule has 0 aromatic carbocycles. The minimum absolute atomic E-state index is 0.0832. The van der Waals surface area contributed by atoms with E-state index in [0.717, 1.165) is 12.8 Å². The van der Waals surface area contributed by atoms with Gasteiger partial charge in [0.1, 0.15) is 5.76 Å². The molecule has 2 N–H and O–H groups in total. The van der Waals surface area contributed by atoms with Crippen molar-refractivity contribution in [3.63, 3.8) is 0 Å². The summed E-state index contributed by atoms with van der Waals surface area (Å²) in [7, 11) is 0. The Balaban J connectivity index is 2.53. The highest BCUT2D eigenvalue weighted by Crippen LogP contribution is 2.26. The Morgan fingerprint density at radius 3 is 2.40 bits per heavy atom. The van der Waals surface area contributed by atoms with Crippen LogP contribution in [-0.4, -0.2) is 16.3 Å². The minimum Gasteiger partial charge on any atom is -0.504 e. The Hall–Kier alpha value is -0.720. The third-order valence-corrected chi connectivity index (χ3v) is 3.08. The Labute approximate surface area is 92.3 Å². The quantitative estimate of drug-likeness (QED) is 0.555. The van der Waals surface area contributed by atoms with E-state index in [2.05, 4.69) is 5.73 Å². The van der Waals surface area contributed by atoms with Crippen LogP contribution in [0, 0.1) is 11.8 Å². The molecule has 15 heavy (non-hydrogen) atoms. The topological polar surface area (TPSA) is 40.5 Å². The zero-order valence-electron chi connectivity index (χ0n) is 9.74. The summed E-state index contributed by atoms with van der Waals surface area (Å²) in [5.41, 5.74) is 2.78. The summed E-state index contributed by atoms with van der Waals surface area (Å²) in [5, 5.41) is 19.3. The molecular formula is C13H22O2. The van der Waals surface area contributed by atoms with Crippen LogP contribution in [0.25, 0.3) is 0 Å². The van der Waals surface area contributed by atoms with Gasteiger partial charge in [-0.1, -0.05) is 38.8 Å². The van der Waals surface area contributed by atoms with Crippen LogP contribution in [0.2, 0.25) is 0 Å². The normalized spacial score (nSPS) is 19.7. The number of rotatable bonds is 3. The number of hydrogen-bond acceptors (Lipinski definition) is 2. The Kier molecular flexibility index (Phi) is 4.93. The third-order valence-electron chi connectivity index (χ3n) is 3.08. The summed E-state index contributed by atoms with van der Waals surface area (Å²) in [6.07, 6.45) is 7.10. The second-order valence-corrected chi connectivity index (χ2v) is 4.74. The van der Waals surface area contributed by atoms with Gasteiger partial charge in [-0.25, -0.2) is 0 Å². The van der Waals surface area contributed by atoms with Crippen LogP contribution in [0.1, 0.15) is 46.0 Å². The number of aliphatic hydroxyl groups excluding tert-OH is 2. The third kappa shape index (κ3) is 4.11. The maximum absolute atomic E-state index is 9.86. The van der Waals surface area contributed by atoms with Crippen LogP contribution in [0.15, 0.2) is 17.6 Å². The van der Waals surface area contributed by atoms with Crippen molar-refractivity contribution < 1.29 is 10.2 Å². The zero-order chi connectivity index (χ0) is 11.3. The van der Waals surface area contributed by atoms with Gasteiger partial charge in [-0.15, -0.1) is 0 Å². The highest BCUT2D eigenvalue weighted by atomic mass is 16.3. The SMILES string of the molecule is CC(C)C(O)=C=C[C@@H](O)C1CCCCC1. The standard InChI is InChI=1S/C13H22O2/c1-10(2)12(14)8-9-13(15)11-6-4-3-5-7-11/h9-11,13-15H,3-7H2,1-2H3/t8?,13-/m1/s1. The van der Waals surface area contributed by atoms with E-state index >= 15 is 0 Å². The van der Waals surface area contributed by atoms with Crippen LogP contribution in [0.4, 0.5) is 0 Å². The van der Waals surface area contributed by atoms with E-state index in [1.165, 1.54) is 19.3 Å². The molecule has 0 radical (unpaired) electrons. The summed E-state index contributed by atoms with van der Waals surface area (Å²) in [5.74, 6) is 0.677. The first-order chi connectivity index (χ1) is 7.11. The Bertz CT molecular complexity index is 243. The van der Waals surface area contributed by atoms with E-state index in [4.69, 9.17) is 0 Å². The van der Waals surface area contributed by atoms with Gasteiger partial charge in [0.05, 0.1) is 6.10 Å². The van der Waals surface area contributed by atoms with Gasteiger partial charge in [0.15, 0.2) is 0 Å². The lowest BCUT2D eigenvalue weighted by Gasteiger charge is -2.23. The van der Waals surface area contributed by atoms with E-state index in [1.807, 2.05) is 13.8 Å². The average molecular weight is 210 g/mol. The molecular weight excluding hydrogens is 188 g/mol. The average Bonchev–Trinajstić information content (AvgIpc) is 2.26. The summed E-state index contributed by atoms with van der Waals surface area (Å²) >= 11 is 0. The molecule has 2 heteroatoms. The molecule has 0 amide bonds. The highest BCUT2D eigenvalue weighted by Gasteiger charge is 2.19. The summed E-state index contributed by atoms with van der Waals surface area (Å²) in [4.78, 5) is 0. The molecule has 0 aromatic rings. The van der Waals surface area contributed by atoms with Crippen molar-refractivity contribution in [1.82, 2.24) is 0 Å². The van der Waals surface area contributed by atoms with Crippen molar-refractivity contribution in [2.24, 2.45) is 11.8 Å². The molecule has 2 nitrogen and oxygen atoms in total. The molecule has 1 aliphatic rings. The molecule has 1 fully saturated rings. The number of aliphatic hydroxyl groups is 2. The Morgan fingerprint density at radius 2 is 1.87 bits per heavy atom. The van der Waals surface area contributed by atoms with Gasteiger partial charge in [0.25, 0.3) is 0 Å². The zero-order valence-corrected chi connectivity index (χ0v) is 9.74. The number of hydrogen-bond donors (Lipinski definition) is 2. The second-order valence-electron chi connectivity index (χ2n) is 4.74. The van der Waals surface area contributed by atoms with E-state index in [9.17, 15) is 10.2 Å². The van der Waals surface area contributed by atoms with Gasteiger partial charge in [-0.3, -0.25) is 0 Å². The predicted molar refractivity (Wildman–Crippen MR) is 61.6 cm³/mol. The Morgan fingerprint density at radius 1 is 1.27 bits per heavy atom. The minimum atomic E-state index is -0.439. The van der Waals surface area contributed by atoms with Gasteiger partial charge in [-0.2, -0.15) is 0 Å². The van der Waals surface area contributed by atoms with Gasteiger partial charge < -0.3 is 10.2 Å². The molecule has 0 spiro atoms. The smallest absolute Gasteiger partial charge is 0.137 e. The lowest BCUT2D eigenvalue weighted by Crippen LogP contribution is -2.20. The van der Waals surface area contributed by atoms with Crippen LogP contribution in [0.3, 0.4) is 0 Å². The fourth-order valence-corrected chi connectivity index (χ4v) is 1.95. The molecule has 0 bridgehead atoms. The monoisotopic (exact) mass is 210 g/mol. The van der Waals surface area contributed by atoms with Gasteiger partial charge in [0.2, 0.25) is 0 Å². The molecule has 0 aliphatic heterocycles. The molecule has 1 rings (SSSR count). The molecule has 0 unspecified atom stereocenters. The van der Waals surface area contributed by atoms with Crippen LogP contribution >= 0.6 is 0 Å². The molecule has 0 heterocycles. The first-order valence-electron chi connectivity index (χ1n) is 5.95. The first-order valence-corrected chi connectivity index (χ1v) is 5.95. The molecule has 0 saturated heterocycles. The molecule has 1 saturated carbocycles. The van der Waals surface area contributed by atoms with Crippen molar-refractivity contribution in [2.45, 2.75) is 52.1 Å². The van der Waals surface area contributed by atoms with Gasteiger partial charge >= 0.3 is 0 Å². The van der Waals surface area contributed by atoms with Crippen molar-refractivity contribution in [2.75, 3.05) is 0 Å². The summed E-state index contributed by atoms with van der Waals surface area (Å²) in [6.45, 7) is 3.81. The molecule has 1 atom stereocenters. The van der Waals surface area contributed by atoms with E-state index in [1.54, 1.807) is 6.08 Å².